The minimum Gasteiger partial charge on any atom is -0.480 e. The van der Waals surface area contributed by atoms with Gasteiger partial charge in [-0.3, -0.25) is 9.69 Å². The highest BCUT2D eigenvalue weighted by Gasteiger charge is 2.10. The molecular weight excluding hydrogens is 212 g/mol. The molecule has 0 spiro atoms. The molecule has 0 saturated heterocycles. The first-order valence-corrected chi connectivity index (χ1v) is 5.54. The minimum atomic E-state index is -0.970. The van der Waals surface area contributed by atoms with Gasteiger partial charge in [0.05, 0.1) is 13.2 Å². The standard InChI is InChI=1S/C10H22N2O4/c11-9(10(15)16)3-1-2-4-12(5-7-13)6-8-14/h9,13-14H,1-8,11H2,(H,15,16)/t9-/m0/s1. The van der Waals surface area contributed by atoms with E-state index in [0.29, 0.717) is 19.5 Å². The second-order valence-corrected chi connectivity index (χ2v) is 3.73. The zero-order valence-corrected chi connectivity index (χ0v) is 9.51. The van der Waals surface area contributed by atoms with Crippen molar-refractivity contribution in [3.63, 3.8) is 0 Å². The Morgan fingerprint density at radius 2 is 1.69 bits per heavy atom. The van der Waals surface area contributed by atoms with Crippen LogP contribution in [0.4, 0.5) is 0 Å². The number of nitrogens with zero attached hydrogens (tertiary/aromatic N) is 1. The van der Waals surface area contributed by atoms with Gasteiger partial charge in [0.1, 0.15) is 6.04 Å². The van der Waals surface area contributed by atoms with Crippen LogP contribution in [-0.2, 0) is 4.79 Å². The Kier molecular flexibility index (Phi) is 9.12. The molecule has 0 rings (SSSR count). The average molecular weight is 234 g/mol. The van der Waals surface area contributed by atoms with Gasteiger partial charge in [0.25, 0.3) is 0 Å². The van der Waals surface area contributed by atoms with Gasteiger partial charge in [-0.05, 0) is 19.4 Å². The van der Waals surface area contributed by atoms with Gasteiger partial charge in [0, 0.05) is 13.1 Å². The number of aliphatic hydroxyl groups is 2. The SMILES string of the molecule is N[C@@H](CCCCN(CCO)CCO)C(=O)O. The fraction of sp³-hybridized carbons (Fsp3) is 0.900. The highest BCUT2D eigenvalue weighted by atomic mass is 16.4. The van der Waals surface area contributed by atoms with E-state index in [4.69, 9.17) is 21.1 Å². The number of carboxylic acid groups (broad SMARTS) is 1. The van der Waals surface area contributed by atoms with E-state index in [9.17, 15) is 4.79 Å². The topological polar surface area (TPSA) is 107 Å². The number of unbranched alkanes of at least 4 members (excludes halogenated alkanes) is 1. The van der Waals surface area contributed by atoms with Gasteiger partial charge < -0.3 is 21.1 Å². The molecule has 5 N–H and O–H groups in total. The third kappa shape index (κ3) is 7.58. The first kappa shape index (κ1) is 15.3. The first-order chi connectivity index (χ1) is 7.61. The maximum absolute atomic E-state index is 10.4. The van der Waals surface area contributed by atoms with E-state index in [1.807, 2.05) is 4.90 Å². The molecule has 0 aliphatic rings. The van der Waals surface area contributed by atoms with E-state index in [1.165, 1.54) is 0 Å². The van der Waals surface area contributed by atoms with Crippen LogP contribution in [0.1, 0.15) is 19.3 Å². The third-order valence-electron chi connectivity index (χ3n) is 2.39. The predicted octanol–water partition coefficient (Wildman–Crippen LogP) is -1.14. The van der Waals surface area contributed by atoms with Crippen molar-refractivity contribution in [2.75, 3.05) is 32.8 Å². The van der Waals surface area contributed by atoms with Crippen molar-refractivity contribution in [3.05, 3.63) is 0 Å². The van der Waals surface area contributed by atoms with Crippen molar-refractivity contribution in [2.45, 2.75) is 25.3 Å². The predicted molar refractivity (Wildman–Crippen MR) is 60.1 cm³/mol. The van der Waals surface area contributed by atoms with Gasteiger partial charge in [-0.15, -0.1) is 0 Å². The summed E-state index contributed by atoms with van der Waals surface area (Å²) >= 11 is 0. The third-order valence-corrected chi connectivity index (χ3v) is 2.39. The van der Waals surface area contributed by atoms with Crippen LogP contribution in [0.3, 0.4) is 0 Å². The molecule has 0 aromatic heterocycles. The van der Waals surface area contributed by atoms with Gasteiger partial charge in [-0.25, -0.2) is 0 Å². The Balaban J connectivity index is 3.57. The second kappa shape index (κ2) is 9.53. The largest absolute Gasteiger partial charge is 0.480 e. The Labute approximate surface area is 95.7 Å². The van der Waals surface area contributed by atoms with Crippen LogP contribution in [0.25, 0.3) is 0 Å². The molecule has 1 atom stereocenters. The molecule has 0 bridgehead atoms. The summed E-state index contributed by atoms with van der Waals surface area (Å²) in [6, 6.07) is -0.788. The summed E-state index contributed by atoms with van der Waals surface area (Å²) in [5, 5.41) is 26.1. The van der Waals surface area contributed by atoms with Crippen LogP contribution >= 0.6 is 0 Å². The Morgan fingerprint density at radius 1 is 1.12 bits per heavy atom. The summed E-state index contributed by atoms with van der Waals surface area (Å²) in [5.74, 6) is -0.970. The van der Waals surface area contributed by atoms with Crippen molar-refractivity contribution >= 4 is 5.97 Å². The van der Waals surface area contributed by atoms with Crippen LogP contribution in [0.2, 0.25) is 0 Å². The molecule has 16 heavy (non-hydrogen) atoms. The highest BCUT2D eigenvalue weighted by molar-refractivity contribution is 5.72. The number of nitrogens with two attached hydrogens (primary N) is 1. The molecular formula is C10H22N2O4. The number of hydrogen-bond acceptors (Lipinski definition) is 5. The normalized spacial score (nSPS) is 13.0. The first-order valence-electron chi connectivity index (χ1n) is 5.54. The number of aliphatic carboxylic acids is 1. The van der Waals surface area contributed by atoms with E-state index < -0.39 is 12.0 Å². The number of rotatable bonds is 10. The van der Waals surface area contributed by atoms with Gasteiger partial charge in [-0.2, -0.15) is 0 Å². The van der Waals surface area contributed by atoms with Crippen LogP contribution in [0, 0.1) is 0 Å². The summed E-state index contributed by atoms with van der Waals surface area (Å²) in [4.78, 5) is 12.4. The molecule has 0 aliphatic carbocycles. The average Bonchev–Trinajstić information content (AvgIpc) is 2.24. The Bertz CT molecular complexity index is 184. The molecule has 0 amide bonds. The summed E-state index contributed by atoms with van der Waals surface area (Å²) in [6.45, 7) is 1.94. The maximum atomic E-state index is 10.4. The quantitative estimate of drug-likeness (QED) is 0.356. The fourth-order valence-corrected chi connectivity index (χ4v) is 1.44. The minimum absolute atomic E-state index is 0.0641. The summed E-state index contributed by atoms with van der Waals surface area (Å²) in [7, 11) is 0. The van der Waals surface area contributed by atoms with Crippen molar-refractivity contribution in [2.24, 2.45) is 5.73 Å². The zero-order chi connectivity index (χ0) is 12.4. The molecule has 0 aliphatic heterocycles. The number of hydrogen-bond donors (Lipinski definition) is 4. The molecule has 0 aromatic rings. The Morgan fingerprint density at radius 3 is 2.12 bits per heavy atom. The summed E-state index contributed by atoms with van der Waals surface area (Å²) in [6.07, 6.45) is 2.02. The summed E-state index contributed by atoms with van der Waals surface area (Å²) < 4.78 is 0. The van der Waals surface area contributed by atoms with Gasteiger partial charge >= 0.3 is 5.97 Å². The van der Waals surface area contributed by atoms with Crippen molar-refractivity contribution in [3.8, 4) is 0 Å². The van der Waals surface area contributed by atoms with E-state index in [0.717, 1.165) is 19.4 Å². The molecule has 6 nitrogen and oxygen atoms in total. The van der Waals surface area contributed by atoms with Crippen molar-refractivity contribution in [1.29, 1.82) is 0 Å². The lowest BCUT2D eigenvalue weighted by molar-refractivity contribution is -0.138. The summed E-state index contributed by atoms with van der Waals surface area (Å²) in [5.41, 5.74) is 5.36. The van der Waals surface area contributed by atoms with E-state index in [1.54, 1.807) is 0 Å². The van der Waals surface area contributed by atoms with E-state index >= 15 is 0 Å². The van der Waals surface area contributed by atoms with Crippen LogP contribution in [-0.4, -0.2) is 65.1 Å². The number of carboxylic acids is 1. The van der Waals surface area contributed by atoms with Gasteiger partial charge in [-0.1, -0.05) is 6.42 Å². The van der Waals surface area contributed by atoms with E-state index in [2.05, 4.69) is 0 Å². The lowest BCUT2D eigenvalue weighted by atomic mass is 10.1. The molecule has 0 heterocycles. The zero-order valence-electron chi connectivity index (χ0n) is 9.51. The van der Waals surface area contributed by atoms with Crippen LogP contribution in [0.15, 0.2) is 0 Å². The fourth-order valence-electron chi connectivity index (χ4n) is 1.44. The van der Waals surface area contributed by atoms with Gasteiger partial charge in [0.2, 0.25) is 0 Å². The number of aliphatic hydroxyl groups excluding tert-OH is 2. The lowest BCUT2D eigenvalue weighted by Crippen LogP contribution is -2.32. The van der Waals surface area contributed by atoms with Crippen molar-refractivity contribution < 1.29 is 20.1 Å². The number of carbonyl (C=O) groups is 1. The highest BCUT2D eigenvalue weighted by Crippen LogP contribution is 2.01. The van der Waals surface area contributed by atoms with E-state index in [-0.39, 0.29) is 13.2 Å². The molecule has 96 valence electrons. The lowest BCUT2D eigenvalue weighted by Gasteiger charge is -2.19. The van der Waals surface area contributed by atoms with Crippen molar-refractivity contribution in [1.82, 2.24) is 4.90 Å². The monoisotopic (exact) mass is 234 g/mol. The Hall–Kier alpha value is -0.690. The maximum Gasteiger partial charge on any atom is 0.320 e. The molecule has 0 saturated carbocycles. The molecule has 0 fully saturated rings. The van der Waals surface area contributed by atoms with Crippen LogP contribution in [0.5, 0.6) is 0 Å². The smallest absolute Gasteiger partial charge is 0.320 e. The second-order valence-electron chi connectivity index (χ2n) is 3.73. The molecule has 0 unspecified atom stereocenters. The molecule has 0 radical (unpaired) electrons. The molecule has 6 heteroatoms. The van der Waals surface area contributed by atoms with Gasteiger partial charge in [0.15, 0.2) is 0 Å². The van der Waals surface area contributed by atoms with Crippen LogP contribution < -0.4 is 5.73 Å². The molecule has 0 aromatic carbocycles.